The molecule has 1 N–H and O–H groups in total. The number of benzene rings is 3. The first-order valence-electron chi connectivity index (χ1n) is 15.2. The van der Waals surface area contributed by atoms with Gasteiger partial charge in [0.05, 0.1) is 12.6 Å². The van der Waals surface area contributed by atoms with Crippen LogP contribution < -0.4 is 4.74 Å². The van der Waals surface area contributed by atoms with Crippen molar-refractivity contribution in [3.63, 3.8) is 0 Å². The Kier molecular flexibility index (Phi) is 9.33. The Morgan fingerprint density at radius 1 is 0.956 bits per heavy atom. The highest BCUT2D eigenvalue weighted by atomic mass is 19.1. The van der Waals surface area contributed by atoms with Gasteiger partial charge in [0.25, 0.3) is 0 Å². The van der Waals surface area contributed by atoms with Crippen molar-refractivity contribution in [2.75, 3.05) is 13.2 Å². The molecule has 45 heavy (non-hydrogen) atoms. The van der Waals surface area contributed by atoms with Gasteiger partial charge in [0.1, 0.15) is 41.9 Å². The molecule has 0 saturated carbocycles. The second-order valence-electron chi connectivity index (χ2n) is 13.4. The van der Waals surface area contributed by atoms with E-state index in [2.05, 4.69) is 4.98 Å². The fraction of sp³-hybridized carbons (Fsp3) is 0.417. The van der Waals surface area contributed by atoms with Crippen LogP contribution in [0.15, 0.2) is 60.7 Å². The molecule has 9 heteroatoms. The molecule has 0 amide bonds. The fourth-order valence-electron chi connectivity index (χ4n) is 5.93. The summed E-state index contributed by atoms with van der Waals surface area (Å²) in [5, 5.41) is 1.00. The third-order valence-corrected chi connectivity index (χ3v) is 7.74. The van der Waals surface area contributed by atoms with Crippen LogP contribution in [0.5, 0.6) is 5.75 Å². The van der Waals surface area contributed by atoms with Crippen molar-refractivity contribution in [2.45, 2.75) is 84.5 Å². The highest BCUT2D eigenvalue weighted by molar-refractivity contribution is 5.85. The molecule has 0 saturated heterocycles. The number of halogens is 3. The van der Waals surface area contributed by atoms with E-state index >= 15 is 13.2 Å². The Morgan fingerprint density at radius 2 is 1.58 bits per heavy atom. The number of H-pyrrole nitrogens is 1. The van der Waals surface area contributed by atoms with E-state index in [0.29, 0.717) is 12.1 Å². The standard InChI is InChI=1S/C36H41F3N2O4/c1-22-15-27-26-9-7-8-10-30(26)40-33(27)34(41(22)21-36(5,6)39)32-28(37)16-25(17-29(32)38)44-19-24-13-11-23(12-14-24)18-43-20-31(42)45-35(2,3)4/h7-14,16-17,22,34,40H,15,18-21H2,1-6H3/t22-,34-/m1/s1. The zero-order chi connectivity index (χ0) is 32.5. The normalized spacial score (nSPS) is 17.4. The van der Waals surface area contributed by atoms with E-state index in [0.717, 1.165) is 27.6 Å². The number of nitrogens with zero attached hydrogens (tertiary/aromatic N) is 1. The van der Waals surface area contributed by atoms with Gasteiger partial charge >= 0.3 is 5.97 Å². The number of para-hydroxylation sites is 1. The molecule has 3 aromatic carbocycles. The number of alkyl halides is 1. The summed E-state index contributed by atoms with van der Waals surface area (Å²) in [5.41, 5.74) is 1.90. The Bertz CT molecular complexity index is 1630. The summed E-state index contributed by atoms with van der Waals surface area (Å²) in [5.74, 6) is -1.89. The third-order valence-electron chi connectivity index (χ3n) is 7.74. The molecule has 0 spiro atoms. The van der Waals surface area contributed by atoms with Crippen LogP contribution in [0.25, 0.3) is 10.9 Å². The molecule has 0 fully saturated rings. The molecule has 240 valence electrons. The maximum atomic E-state index is 15.9. The highest BCUT2D eigenvalue weighted by Crippen LogP contribution is 2.43. The number of rotatable bonds is 10. The molecule has 0 aliphatic carbocycles. The van der Waals surface area contributed by atoms with Crippen molar-refractivity contribution in [2.24, 2.45) is 0 Å². The molecule has 0 bridgehead atoms. The van der Waals surface area contributed by atoms with Crippen LogP contribution in [0, 0.1) is 11.6 Å². The van der Waals surface area contributed by atoms with E-state index in [-0.39, 0.29) is 43.7 Å². The minimum atomic E-state index is -1.58. The lowest BCUT2D eigenvalue weighted by Crippen LogP contribution is -2.48. The Hall–Kier alpha value is -3.82. The maximum Gasteiger partial charge on any atom is 0.332 e. The predicted molar refractivity (Wildman–Crippen MR) is 168 cm³/mol. The predicted octanol–water partition coefficient (Wildman–Crippen LogP) is 7.97. The molecule has 6 nitrogen and oxygen atoms in total. The van der Waals surface area contributed by atoms with Gasteiger partial charge in [-0.25, -0.2) is 18.0 Å². The van der Waals surface area contributed by atoms with Gasteiger partial charge in [-0.3, -0.25) is 4.90 Å². The number of hydrogen-bond donors (Lipinski definition) is 1. The van der Waals surface area contributed by atoms with Crippen molar-refractivity contribution >= 4 is 16.9 Å². The number of carbonyl (C=O) groups is 1. The smallest absolute Gasteiger partial charge is 0.332 e. The molecular formula is C36H41F3N2O4. The monoisotopic (exact) mass is 622 g/mol. The summed E-state index contributed by atoms with van der Waals surface area (Å²) in [6.45, 7) is 10.5. The van der Waals surface area contributed by atoms with Crippen LogP contribution in [0.2, 0.25) is 0 Å². The number of ether oxygens (including phenoxy) is 3. The summed E-state index contributed by atoms with van der Waals surface area (Å²) in [6.07, 6.45) is 0.630. The van der Waals surface area contributed by atoms with E-state index in [1.54, 1.807) is 20.8 Å². The average molecular weight is 623 g/mol. The van der Waals surface area contributed by atoms with Gasteiger partial charge in [0.15, 0.2) is 0 Å². The Morgan fingerprint density at radius 3 is 2.20 bits per heavy atom. The van der Waals surface area contributed by atoms with Crippen LogP contribution in [0.1, 0.15) is 75.5 Å². The van der Waals surface area contributed by atoms with E-state index in [1.165, 1.54) is 26.0 Å². The maximum absolute atomic E-state index is 15.9. The minimum absolute atomic E-state index is 0.00675. The molecule has 1 aliphatic heterocycles. The van der Waals surface area contributed by atoms with E-state index in [4.69, 9.17) is 14.2 Å². The van der Waals surface area contributed by atoms with E-state index < -0.39 is 34.9 Å². The van der Waals surface area contributed by atoms with Crippen LogP contribution >= 0.6 is 0 Å². The van der Waals surface area contributed by atoms with Gasteiger partial charge in [0.2, 0.25) is 0 Å². The molecule has 2 heterocycles. The minimum Gasteiger partial charge on any atom is -0.489 e. The first kappa shape index (κ1) is 32.6. The Balaban J connectivity index is 1.32. The van der Waals surface area contributed by atoms with Gasteiger partial charge in [-0.15, -0.1) is 0 Å². The number of hydrogen-bond acceptors (Lipinski definition) is 5. The van der Waals surface area contributed by atoms with Gasteiger partial charge in [-0.1, -0.05) is 42.5 Å². The highest BCUT2D eigenvalue weighted by Gasteiger charge is 2.41. The van der Waals surface area contributed by atoms with Gasteiger partial charge < -0.3 is 19.2 Å². The van der Waals surface area contributed by atoms with Crippen LogP contribution in [-0.2, 0) is 33.9 Å². The SMILES string of the molecule is C[C@@H]1Cc2c([nH]c3ccccc23)[C@@H](c2c(F)cc(OCc3ccc(COCC(=O)OC(C)(C)C)cc3)cc2F)N1CC(C)(C)F. The lowest BCUT2D eigenvalue weighted by atomic mass is 9.87. The van der Waals surface area contributed by atoms with Crippen molar-refractivity contribution in [1.82, 2.24) is 9.88 Å². The summed E-state index contributed by atoms with van der Waals surface area (Å²) in [6, 6.07) is 16.5. The molecule has 2 atom stereocenters. The van der Waals surface area contributed by atoms with Crippen molar-refractivity contribution < 1.29 is 32.2 Å². The molecule has 0 radical (unpaired) electrons. The average Bonchev–Trinajstić information content (AvgIpc) is 3.30. The van der Waals surface area contributed by atoms with Gasteiger partial charge in [-0.05, 0) is 70.7 Å². The molecule has 5 rings (SSSR count). The summed E-state index contributed by atoms with van der Waals surface area (Å²) >= 11 is 0. The molecule has 0 unspecified atom stereocenters. The van der Waals surface area contributed by atoms with Crippen LogP contribution in [0.4, 0.5) is 13.2 Å². The fourth-order valence-corrected chi connectivity index (χ4v) is 5.93. The quantitative estimate of drug-likeness (QED) is 0.182. The second-order valence-corrected chi connectivity index (χ2v) is 13.4. The summed E-state index contributed by atoms with van der Waals surface area (Å²) in [4.78, 5) is 17.1. The topological polar surface area (TPSA) is 63.8 Å². The van der Waals surface area contributed by atoms with Crippen molar-refractivity contribution in [3.05, 3.63) is 100 Å². The first-order valence-corrected chi connectivity index (χ1v) is 15.2. The van der Waals surface area contributed by atoms with Crippen LogP contribution in [-0.4, -0.2) is 46.3 Å². The third kappa shape index (κ3) is 7.89. The van der Waals surface area contributed by atoms with Crippen LogP contribution in [0.3, 0.4) is 0 Å². The first-order chi connectivity index (χ1) is 21.2. The van der Waals surface area contributed by atoms with Crippen molar-refractivity contribution in [3.8, 4) is 5.75 Å². The summed E-state index contributed by atoms with van der Waals surface area (Å²) < 4.78 is 63.3. The molecule has 1 aromatic heterocycles. The molecular weight excluding hydrogens is 581 g/mol. The number of esters is 1. The zero-order valence-electron chi connectivity index (χ0n) is 26.7. The van der Waals surface area contributed by atoms with E-state index in [9.17, 15) is 4.79 Å². The molecule has 1 aliphatic rings. The Labute approximate surface area is 262 Å². The largest absolute Gasteiger partial charge is 0.489 e. The number of carbonyl (C=O) groups excluding carboxylic acids is 1. The zero-order valence-corrected chi connectivity index (χ0v) is 26.7. The van der Waals surface area contributed by atoms with E-state index in [1.807, 2.05) is 60.4 Å². The van der Waals surface area contributed by atoms with Crippen molar-refractivity contribution in [1.29, 1.82) is 0 Å². The summed E-state index contributed by atoms with van der Waals surface area (Å²) in [7, 11) is 0. The number of aromatic nitrogens is 1. The number of aromatic amines is 1. The second kappa shape index (κ2) is 12.9. The molecule has 4 aromatic rings. The number of nitrogens with one attached hydrogen (secondary N) is 1. The van der Waals surface area contributed by atoms with Gasteiger partial charge in [0, 0.05) is 46.9 Å². The van der Waals surface area contributed by atoms with Gasteiger partial charge in [-0.2, -0.15) is 0 Å². The lowest BCUT2D eigenvalue weighted by Gasteiger charge is -2.43. The lowest BCUT2D eigenvalue weighted by molar-refractivity contribution is -0.160. The number of fused-ring (bicyclic) bond motifs is 3.